The first-order valence-corrected chi connectivity index (χ1v) is 3.69. The summed E-state index contributed by atoms with van der Waals surface area (Å²) in [5, 5.41) is 9.30. The summed E-state index contributed by atoms with van der Waals surface area (Å²) in [6, 6.07) is 5.02. The number of carboxylic acid groups (broad SMARTS) is 1. The highest BCUT2D eigenvalue weighted by Crippen LogP contribution is 2.25. The minimum Gasteiger partial charge on any atom is -0.478 e. The lowest BCUT2D eigenvalue weighted by Gasteiger charge is -1.93. The molecule has 0 spiro atoms. The number of para-hydroxylation sites is 1. The molecule has 0 bridgehead atoms. The molecule has 0 saturated carbocycles. The molecule has 3 N–H and O–H groups in total. The van der Waals surface area contributed by atoms with Gasteiger partial charge in [0.2, 0.25) is 0 Å². The first-order valence-electron chi connectivity index (χ1n) is 3.69. The van der Waals surface area contributed by atoms with Crippen molar-refractivity contribution in [1.29, 1.82) is 0 Å². The minimum absolute atomic E-state index is 0.141. The average Bonchev–Trinajstić information content (AvgIpc) is 2.48. The van der Waals surface area contributed by atoms with E-state index < -0.39 is 5.97 Å². The standard InChI is InChI=1S/C9H7NO3/c10-7-3-1-2-5-6(9(11)12)4-13-8(5)7/h1-4H,10H2,(H,11,12). The van der Waals surface area contributed by atoms with E-state index >= 15 is 0 Å². The molecule has 2 rings (SSSR count). The highest BCUT2D eigenvalue weighted by molar-refractivity contribution is 6.04. The third-order valence-corrected chi connectivity index (χ3v) is 1.86. The van der Waals surface area contributed by atoms with E-state index in [1.165, 1.54) is 6.26 Å². The second kappa shape index (κ2) is 2.52. The summed E-state index contributed by atoms with van der Waals surface area (Å²) in [6.07, 6.45) is 1.20. The molecule has 0 unspecified atom stereocenters. The van der Waals surface area contributed by atoms with Gasteiger partial charge in [-0.3, -0.25) is 0 Å². The van der Waals surface area contributed by atoms with Crippen molar-refractivity contribution in [3.8, 4) is 0 Å². The van der Waals surface area contributed by atoms with Crippen molar-refractivity contribution in [2.75, 3.05) is 5.73 Å². The Hall–Kier alpha value is -1.97. The van der Waals surface area contributed by atoms with Gasteiger partial charge in [0.05, 0.1) is 5.69 Å². The molecule has 1 heterocycles. The van der Waals surface area contributed by atoms with Crippen LogP contribution < -0.4 is 5.73 Å². The molecule has 4 heteroatoms. The van der Waals surface area contributed by atoms with Crippen molar-refractivity contribution >= 4 is 22.6 Å². The number of fused-ring (bicyclic) bond motifs is 1. The molecule has 0 fully saturated rings. The van der Waals surface area contributed by atoms with Gasteiger partial charge in [0, 0.05) is 5.39 Å². The van der Waals surface area contributed by atoms with E-state index in [1.54, 1.807) is 18.2 Å². The highest BCUT2D eigenvalue weighted by Gasteiger charge is 2.12. The maximum Gasteiger partial charge on any atom is 0.339 e. The number of hydrogen-bond acceptors (Lipinski definition) is 3. The largest absolute Gasteiger partial charge is 0.478 e. The van der Waals surface area contributed by atoms with Gasteiger partial charge in [-0.15, -0.1) is 0 Å². The lowest BCUT2D eigenvalue weighted by Crippen LogP contribution is -1.93. The van der Waals surface area contributed by atoms with E-state index in [4.69, 9.17) is 15.3 Å². The SMILES string of the molecule is Nc1cccc2c(C(=O)O)coc12. The van der Waals surface area contributed by atoms with E-state index in [0.717, 1.165) is 0 Å². The zero-order valence-corrected chi connectivity index (χ0v) is 6.65. The number of rotatable bonds is 1. The predicted molar refractivity (Wildman–Crippen MR) is 47.6 cm³/mol. The molecular formula is C9H7NO3. The van der Waals surface area contributed by atoms with Crippen LogP contribution in [-0.4, -0.2) is 11.1 Å². The Kier molecular flexibility index (Phi) is 1.48. The van der Waals surface area contributed by atoms with Crippen molar-refractivity contribution in [1.82, 2.24) is 0 Å². The summed E-state index contributed by atoms with van der Waals surface area (Å²) in [4.78, 5) is 10.7. The van der Waals surface area contributed by atoms with E-state index in [0.29, 0.717) is 16.7 Å². The molecule has 13 heavy (non-hydrogen) atoms. The molecule has 1 aromatic carbocycles. The van der Waals surface area contributed by atoms with E-state index in [9.17, 15) is 4.79 Å². The molecule has 2 aromatic rings. The van der Waals surface area contributed by atoms with Crippen molar-refractivity contribution < 1.29 is 14.3 Å². The zero-order valence-electron chi connectivity index (χ0n) is 6.65. The number of carboxylic acids is 1. The van der Waals surface area contributed by atoms with Crippen LogP contribution in [0.3, 0.4) is 0 Å². The molecule has 66 valence electrons. The van der Waals surface area contributed by atoms with Crippen LogP contribution >= 0.6 is 0 Å². The van der Waals surface area contributed by atoms with Gasteiger partial charge in [-0.2, -0.15) is 0 Å². The molecular weight excluding hydrogens is 170 g/mol. The Bertz CT molecular complexity index is 473. The van der Waals surface area contributed by atoms with Crippen LogP contribution in [0.15, 0.2) is 28.9 Å². The average molecular weight is 177 g/mol. The maximum atomic E-state index is 10.7. The number of anilines is 1. The number of hydrogen-bond donors (Lipinski definition) is 2. The van der Waals surface area contributed by atoms with Crippen molar-refractivity contribution in [2.45, 2.75) is 0 Å². The smallest absolute Gasteiger partial charge is 0.339 e. The summed E-state index contributed by atoms with van der Waals surface area (Å²) in [6.45, 7) is 0. The monoisotopic (exact) mass is 177 g/mol. The molecule has 0 radical (unpaired) electrons. The van der Waals surface area contributed by atoms with Crippen LogP contribution in [-0.2, 0) is 0 Å². The molecule has 1 aromatic heterocycles. The van der Waals surface area contributed by atoms with Crippen LogP contribution in [0.4, 0.5) is 5.69 Å². The van der Waals surface area contributed by atoms with Gasteiger partial charge in [-0.25, -0.2) is 4.79 Å². The van der Waals surface area contributed by atoms with Gasteiger partial charge in [0.1, 0.15) is 11.8 Å². The van der Waals surface area contributed by atoms with Gasteiger partial charge < -0.3 is 15.3 Å². The number of nitrogen functional groups attached to an aromatic ring is 1. The van der Waals surface area contributed by atoms with Crippen LogP contribution in [0.25, 0.3) is 11.0 Å². The molecule has 0 aliphatic heterocycles. The molecule has 0 aliphatic carbocycles. The molecule has 0 atom stereocenters. The highest BCUT2D eigenvalue weighted by atomic mass is 16.4. The van der Waals surface area contributed by atoms with Crippen LogP contribution in [0.5, 0.6) is 0 Å². The van der Waals surface area contributed by atoms with Crippen LogP contribution in [0.1, 0.15) is 10.4 Å². The predicted octanol–water partition coefficient (Wildman–Crippen LogP) is 1.71. The van der Waals surface area contributed by atoms with E-state index in [2.05, 4.69) is 0 Å². The first kappa shape index (κ1) is 7.67. The molecule has 4 nitrogen and oxygen atoms in total. The minimum atomic E-state index is -1.01. The van der Waals surface area contributed by atoms with Gasteiger partial charge in [-0.1, -0.05) is 12.1 Å². The van der Waals surface area contributed by atoms with Crippen LogP contribution in [0, 0.1) is 0 Å². The zero-order chi connectivity index (χ0) is 9.42. The molecule has 0 amide bonds. The number of carbonyl (C=O) groups is 1. The van der Waals surface area contributed by atoms with Crippen molar-refractivity contribution in [2.24, 2.45) is 0 Å². The van der Waals surface area contributed by atoms with Gasteiger partial charge in [0.15, 0.2) is 5.58 Å². The fourth-order valence-corrected chi connectivity index (χ4v) is 1.25. The Morgan fingerprint density at radius 1 is 1.46 bits per heavy atom. The summed E-state index contributed by atoms with van der Waals surface area (Å²) in [5.74, 6) is -1.01. The third-order valence-electron chi connectivity index (χ3n) is 1.86. The van der Waals surface area contributed by atoms with Gasteiger partial charge in [-0.05, 0) is 6.07 Å². The lowest BCUT2D eigenvalue weighted by atomic mass is 10.1. The second-order valence-electron chi connectivity index (χ2n) is 2.68. The third kappa shape index (κ3) is 1.03. The number of nitrogens with two attached hydrogens (primary N) is 1. The maximum absolute atomic E-state index is 10.7. The fraction of sp³-hybridized carbons (Fsp3) is 0. The lowest BCUT2D eigenvalue weighted by molar-refractivity contribution is 0.0698. The number of aromatic carboxylic acids is 1. The van der Waals surface area contributed by atoms with Crippen molar-refractivity contribution in [3.63, 3.8) is 0 Å². The van der Waals surface area contributed by atoms with Crippen molar-refractivity contribution in [3.05, 3.63) is 30.0 Å². The quantitative estimate of drug-likeness (QED) is 0.650. The Balaban J connectivity index is 2.83. The Morgan fingerprint density at radius 3 is 2.92 bits per heavy atom. The number of furan rings is 1. The summed E-state index contributed by atoms with van der Waals surface area (Å²) in [5.41, 5.74) is 6.60. The van der Waals surface area contributed by atoms with Crippen LogP contribution in [0.2, 0.25) is 0 Å². The second-order valence-corrected chi connectivity index (χ2v) is 2.68. The Morgan fingerprint density at radius 2 is 2.23 bits per heavy atom. The molecule has 0 aliphatic rings. The summed E-state index contributed by atoms with van der Waals surface area (Å²) < 4.78 is 5.04. The van der Waals surface area contributed by atoms with Gasteiger partial charge in [0.25, 0.3) is 0 Å². The summed E-state index contributed by atoms with van der Waals surface area (Å²) in [7, 11) is 0. The fourth-order valence-electron chi connectivity index (χ4n) is 1.25. The normalized spacial score (nSPS) is 10.5. The molecule has 0 saturated heterocycles. The van der Waals surface area contributed by atoms with E-state index in [-0.39, 0.29) is 5.56 Å². The topological polar surface area (TPSA) is 76.5 Å². The first-order chi connectivity index (χ1) is 6.20. The summed E-state index contributed by atoms with van der Waals surface area (Å²) >= 11 is 0. The Labute approximate surface area is 73.6 Å². The van der Waals surface area contributed by atoms with Gasteiger partial charge >= 0.3 is 5.97 Å². The number of benzene rings is 1. The van der Waals surface area contributed by atoms with E-state index in [1.807, 2.05) is 0 Å².